The average Bonchev–Trinajstić information content (AvgIpc) is 2.26. The second-order valence-electron chi connectivity index (χ2n) is 3.96. The van der Waals surface area contributed by atoms with Crippen molar-refractivity contribution in [2.75, 3.05) is 0 Å². The largest absolute Gasteiger partial charge is 0.276 e. The van der Waals surface area contributed by atoms with E-state index in [2.05, 4.69) is 25.9 Å². The highest BCUT2D eigenvalue weighted by molar-refractivity contribution is 9.10. The zero-order valence-electron chi connectivity index (χ0n) is 9.94. The first-order valence-corrected chi connectivity index (χ1v) is 7.42. The van der Waals surface area contributed by atoms with Gasteiger partial charge in [0.05, 0.1) is 4.90 Å². The van der Waals surface area contributed by atoms with Crippen molar-refractivity contribution in [2.24, 2.45) is 11.0 Å². The highest BCUT2D eigenvalue weighted by Gasteiger charge is 2.12. The van der Waals surface area contributed by atoms with Crippen LogP contribution in [0.3, 0.4) is 0 Å². The van der Waals surface area contributed by atoms with Crippen LogP contribution in [0.15, 0.2) is 38.7 Å². The molecule has 1 aromatic rings. The predicted molar refractivity (Wildman–Crippen MR) is 72.4 cm³/mol. The summed E-state index contributed by atoms with van der Waals surface area (Å²) in [5.74, 6) is 0.211. The van der Waals surface area contributed by atoms with E-state index in [-0.39, 0.29) is 10.8 Å². The van der Waals surface area contributed by atoms with Crippen molar-refractivity contribution >= 4 is 31.7 Å². The van der Waals surface area contributed by atoms with Crippen LogP contribution in [-0.2, 0) is 10.0 Å². The summed E-state index contributed by atoms with van der Waals surface area (Å²) in [6, 6.07) is 6.39. The van der Waals surface area contributed by atoms with E-state index < -0.39 is 10.0 Å². The lowest BCUT2D eigenvalue weighted by Crippen LogP contribution is -2.20. The van der Waals surface area contributed by atoms with Gasteiger partial charge in [-0.1, -0.05) is 29.8 Å². The highest BCUT2D eigenvalue weighted by Crippen LogP contribution is 2.14. The fourth-order valence-corrected chi connectivity index (χ4v) is 2.06. The summed E-state index contributed by atoms with van der Waals surface area (Å²) in [7, 11) is -3.56. The second-order valence-corrected chi connectivity index (χ2v) is 6.53. The summed E-state index contributed by atoms with van der Waals surface area (Å²) in [6.45, 7) is 5.69. The van der Waals surface area contributed by atoms with Crippen LogP contribution in [-0.4, -0.2) is 14.1 Å². The van der Waals surface area contributed by atoms with Gasteiger partial charge in [0.25, 0.3) is 10.0 Å². The van der Waals surface area contributed by atoms with Gasteiger partial charge in [0, 0.05) is 10.2 Å². The Hall–Kier alpha value is -0.880. The third kappa shape index (κ3) is 4.12. The van der Waals surface area contributed by atoms with Crippen LogP contribution in [0, 0.1) is 5.92 Å². The average molecular weight is 319 g/mol. The normalized spacial score (nSPS) is 12.9. The van der Waals surface area contributed by atoms with Gasteiger partial charge in [-0.15, -0.1) is 0 Å². The molecule has 0 bridgehead atoms. The minimum absolute atomic E-state index is 0.195. The predicted octanol–water partition coefficient (Wildman–Crippen LogP) is 2.76. The molecule has 0 radical (unpaired) electrons. The Bertz CT molecular complexity index is 507. The molecule has 0 aliphatic carbocycles. The Morgan fingerprint density at radius 1 is 1.29 bits per heavy atom. The summed E-state index contributed by atoms with van der Waals surface area (Å²) in [5.41, 5.74) is 0.741. The van der Waals surface area contributed by atoms with Crippen molar-refractivity contribution in [2.45, 2.75) is 25.7 Å². The van der Waals surface area contributed by atoms with Gasteiger partial charge in [-0.05, 0) is 37.1 Å². The van der Waals surface area contributed by atoms with E-state index in [0.717, 1.165) is 10.2 Å². The van der Waals surface area contributed by atoms with E-state index >= 15 is 0 Å². The van der Waals surface area contributed by atoms with Crippen LogP contribution in [0.25, 0.3) is 0 Å². The molecule has 4 nitrogen and oxygen atoms in total. The smallest absolute Gasteiger partial charge is 0.200 e. The Morgan fingerprint density at radius 2 is 1.82 bits per heavy atom. The third-order valence-corrected chi connectivity index (χ3v) is 4.05. The zero-order chi connectivity index (χ0) is 13.1. The van der Waals surface area contributed by atoms with Gasteiger partial charge in [-0.25, -0.2) is 4.83 Å². The number of nitrogens with zero attached hydrogens (tertiary/aromatic N) is 1. The van der Waals surface area contributed by atoms with Crippen molar-refractivity contribution < 1.29 is 8.42 Å². The van der Waals surface area contributed by atoms with Crippen LogP contribution >= 0.6 is 15.9 Å². The molecule has 0 aliphatic rings. The molecule has 0 aromatic heterocycles. The number of sulfonamides is 1. The van der Waals surface area contributed by atoms with Gasteiger partial charge in [-0.3, -0.25) is 0 Å². The van der Waals surface area contributed by atoms with Crippen molar-refractivity contribution in [3.63, 3.8) is 0 Å². The fourth-order valence-electron chi connectivity index (χ4n) is 0.928. The molecule has 1 N–H and O–H groups in total. The standard InChI is InChI=1S/C11H15BrN2O2S/c1-8(2)9(3)13-14-17(15,16)11-6-4-10(12)5-7-11/h4-8,14H,1-3H3. The topological polar surface area (TPSA) is 58.5 Å². The molecule has 0 spiro atoms. The Balaban J connectivity index is 2.90. The molecule has 0 unspecified atom stereocenters. The molecular formula is C11H15BrN2O2S. The minimum Gasteiger partial charge on any atom is -0.200 e. The number of nitrogens with one attached hydrogen (secondary N) is 1. The lowest BCUT2D eigenvalue weighted by atomic mass is 10.1. The summed E-state index contributed by atoms with van der Waals surface area (Å²) >= 11 is 3.25. The van der Waals surface area contributed by atoms with Crippen molar-refractivity contribution in [3.8, 4) is 0 Å². The summed E-state index contributed by atoms with van der Waals surface area (Å²) < 4.78 is 24.5. The molecule has 17 heavy (non-hydrogen) atoms. The number of hydrazone groups is 1. The zero-order valence-corrected chi connectivity index (χ0v) is 12.3. The first-order valence-electron chi connectivity index (χ1n) is 5.14. The number of hydrogen-bond donors (Lipinski definition) is 1. The van der Waals surface area contributed by atoms with Crippen LogP contribution in [0.2, 0.25) is 0 Å². The fraction of sp³-hybridized carbons (Fsp3) is 0.364. The van der Waals surface area contributed by atoms with Crippen LogP contribution in [0.1, 0.15) is 20.8 Å². The monoisotopic (exact) mass is 318 g/mol. The summed E-state index contributed by atoms with van der Waals surface area (Å²) in [4.78, 5) is 2.42. The second kappa shape index (κ2) is 5.64. The van der Waals surface area contributed by atoms with E-state index in [1.54, 1.807) is 19.1 Å². The molecular weight excluding hydrogens is 304 g/mol. The van der Waals surface area contributed by atoms with Gasteiger partial charge < -0.3 is 0 Å². The van der Waals surface area contributed by atoms with E-state index in [0.29, 0.717) is 0 Å². The SMILES string of the molecule is CC(=NNS(=O)(=O)c1ccc(Br)cc1)C(C)C. The molecule has 0 atom stereocenters. The lowest BCUT2D eigenvalue weighted by Gasteiger charge is -2.07. The number of benzene rings is 1. The van der Waals surface area contributed by atoms with Crippen LogP contribution in [0.5, 0.6) is 0 Å². The molecule has 94 valence electrons. The maximum absolute atomic E-state index is 11.8. The van der Waals surface area contributed by atoms with Gasteiger partial charge in [0.15, 0.2) is 0 Å². The Morgan fingerprint density at radius 3 is 2.29 bits per heavy atom. The quantitative estimate of drug-likeness (QED) is 0.685. The molecule has 0 heterocycles. The number of halogens is 1. The lowest BCUT2D eigenvalue weighted by molar-refractivity contribution is 0.584. The molecule has 0 saturated heterocycles. The van der Waals surface area contributed by atoms with Gasteiger partial charge in [-0.2, -0.15) is 13.5 Å². The van der Waals surface area contributed by atoms with Gasteiger partial charge in [0.2, 0.25) is 0 Å². The molecule has 6 heteroatoms. The molecule has 1 aromatic carbocycles. The first-order chi connectivity index (χ1) is 7.83. The molecule has 0 saturated carbocycles. The van der Waals surface area contributed by atoms with Crippen molar-refractivity contribution in [1.29, 1.82) is 0 Å². The molecule has 1 rings (SSSR count). The highest BCUT2D eigenvalue weighted by atomic mass is 79.9. The van der Waals surface area contributed by atoms with Crippen molar-refractivity contribution in [3.05, 3.63) is 28.7 Å². The Kier molecular flexibility index (Phi) is 4.70. The molecule has 0 fully saturated rings. The van der Waals surface area contributed by atoms with Crippen LogP contribution < -0.4 is 4.83 Å². The maximum Gasteiger partial charge on any atom is 0.276 e. The summed E-state index contributed by atoms with van der Waals surface area (Å²) in [6.07, 6.45) is 0. The first kappa shape index (κ1) is 14.2. The van der Waals surface area contributed by atoms with E-state index in [1.807, 2.05) is 13.8 Å². The van der Waals surface area contributed by atoms with Gasteiger partial charge in [0.1, 0.15) is 0 Å². The van der Waals surface area contributed by atoms with Crippen molar-refractivity contribution in [1.82, 2.24) is 4.83 Å². The van der Waals surface area contributed by atoms with Gasteiger partial charge >= 0.3 is 0 Å². The molecule has 0 amide bonds. The summed E-state index contributed by atoms with van der Waals surface area (Å²) in [5, 5.41) is 3.86. The Labute approximate surface area is 110 Å². The number of hydrogen-bond acceptors (Lipinski definition) is 3. The third-order valence-electron chi connectivity index (χ3n) is 2.30. The van der Waals surface area contributed by atoms with E-state index in [4.69, 9.17) is 0 Å². The van der Waals surface area contributed by atoms with E-state index in [1.165, 1.54) is 12.1 Å². The number of rotatable bonds is 4. The minimum atomic E-state index is -3.56. The van der Waals surface area contributed by atoms with E-state index in [9.17, 15) is 8.42 Å². The molecule has 0 aliphatic heterocycles. The van der Waals surface area contributed by atoms with Crippen LogP contribution in [0.4, 0.5) is 0 Å². The maximum atomic E-state index is 11.8.